The Balaban J connectivity index is 1.31. The van der Waals surface area contributed by atoms with Crippen molar-refractivity contribution in [3.63, 3.8) is 0 Å². The van der Waals surface area contributed by atoms with Gasteiger partial charge in [-0.05, 0) is 44.6 Å². The number of esters is 2. The van der Waals surface area contributed by atoms with Gasteiger partial charge in [-0.25, -0.2) is 9.59 Å². The Morgan fingerprint density at radius 3 is 2.45 bits per heavy atom. The predicted octanol–water partition coefficient (Wildman–Crippen LogP) is 6.09. The summed E-state index contributed by atoms with van der Waals surface area (Å²) in [7, 11) is 3.60. The average molecular weight is 857 g/mol. The highest BCUT2D eigenvalue weighted by molar-refractivity contribution is 7.70. The van der Waals surface area contributed by atoms with Gasteiger partial charge in [-0.2, -0.15) is 13.2 Å². The SMILES string of the molecule is CO[C@@](C(=O)O[C@@H]1[C@@H](C/C=C/C(C)[C@H](C)O)CO[C@@H]([C@H](O)/C(C)=C/C(=O)OCCCCCCCC(=O)Nc2c3sscc-3[nH]c2=O)[C@@H]1O)(c1ccccc1)C(F)(F)F. The molecule has 3 aliphatic rings. The molecule has 1 aromatic carbocycles. The number of rotatable bonds is 20. The zero-order valence-corrected chi connectivity index (χ0v) is 34.3. The number of benzene rings is 1. The van der Waals surface area contributed by atoms with Gasteiger partial charge in [0.05, 0.1) is 29.9 Å². The maximum Gasteiger partial charge on any atom is 0.432 e. The van der Waals surface area contributed by atoms with Crippen LogP contribution >= 0.6 is 20.7 Å². The van der Waals surface area contributed by atoms with Crippen LogP contribution in [0.3, 0.4) is 0 Å². The number of aromatic amines is 1. The molecule has 0 bridgehead atoms. The normalized spacial score (nSPS) is 21.7. The van der Waals surface area contributed by atoms with Gasteiger partial charge >= 0.3 is 18.1 Å². The van der Waals surface area contributed by atoms with E-state index in [2.05, 4.69) is 10.3 Å². The molecule has 1 saturated heterocycles. The van der Waals surface area contributed by atoms with Crippen LogP contribution in [0.1, 0.15) is 71.3 Å². The summed E-state index contributed by atoms with van der Waals surface area (Å²) in [5.41, 5.74) is -3.40. The van der Waals surface area contributed by atoms with Crippen molar-refractivity contribution in [3.05, 3.63) is 75.4 Å². The topological polar surface area (TPSA) is 194 Å². The average Bonchev–Trinajstić information content (AvgIpc) is 3.74. The molecule has 0 saturated carbocycles. The van der Waals surface area contributed by atoms with E-state index in [1.165, 1.54) is 45.8 Å². The standard InChI is InChI=1S/C40H51F3N2O11S2/c1-23(25(3)46)14-13-15-26-21-55-35(33(50)34(26)56-38(52)39(53-4,40(41,42)43)27-16-9-8-10-17-27)32(49)24(2)20-30(48)54-19-12-7-5-6-11-18-29(47)45-31-36-28(22-57-58-36)44-37(31)51/h8-10,13-14,16-17,20,22-23,25-26,32-35,46,49-50H,5-7,11-12,15,18-19,21H2,1-4H3,(H,44,51)(H,45,47)/b14-13+,24-20+/t23?,25-,26-,32+,33+,34+,35-,39+/m0/s1. The first kappa shape index (κ1) is 46.8. The van der Waals surface area contributed by atoms with Crippen LogP contribution in [0.5, 0.6) is 0 Å². The number of hydrogen-bond donors (Lipinski definition) is 5. The van der Waals surface area contributed by atoms with Crippen molar-refractivity contribution in [2.24, 2.45) is 11.8 Å². The van der Waals surface area contributed by atoms with Crippen molar-refractivity contribution >= 4 is 44.2 Å². The van der Waals surface area contributed by atoms with Crippen LogP contribution in [0.4, 0.5) is 18.9 Å². The Morgan fingerprint density at radius 1 is 1.09 bits per heavy atom. The number of allylic oxidation sites excluding steroid dienone is 1. The van der Waals surface area contributed by atoms with Crippen LogP contribution < -0.4 is 10.9 Å². The highest BCUT2D eigenvalue weighted by Crippen LogP contribution is 2.44. The van der Waals surface area contributed by atoms with Crippen LogP contribution in [-0.4, -0.2) is 95.2 Å². The summed E-state index contributed by atoms with van der Waals surface area (Å²) >= 11 is 0. The fourth-order valence-electron chi connectivity index (χ4n) is 6.51. The van der Waals surface area contributed by atoms with Gasteiger partial charge in [0.1, 0.15) is 30.1 Å². The van der Waals surface area contributed by atoms with Crippen LogP contribution in [-0.2, 0) is 38.9 Å². The zero-order chi connectivity index (χ0) is 42.6. The number of unbranched alkanes of at least 4 members (excludes halogenated alkanes) is 4. The largest absolute Gasteiger partial charge is 0.463 e. The number of nitrogens with one attached hydrogen (secondary N) is 2. The quantitative estimate of drug-likeness (QED) is 0.0291. The smallest absolute Gasteiger partial charge is 0.432 e. The molecule has 3 heterocycles. The molecule has 0 spiro atoms. The lowest BCUT2D eigenvalue weighted by atomic mass is 9.85. The van der Waals surface area contributed by atoms with Crippen molar-refractivity contribution in [1.29, 1.82) is 0 Å². The first-order valence-electron chi connectivity index (χ1n) is 19.0. The second-order valence-corrected chi connectivity index (χ2v) is 16.4. The molecule has 1 fully saturated rings. The van der Waals surface area contributed by atoms with Crippen LogP contribution in [0.2, 0.25) is 0 Å². The summed E-state index contributed by atoms with van der Waals surface area (Å²) in [5.74, 6) is -4.01. The van der Waals surface area contributed by atoms with Crippen molar-refractivity contribution in [2.75, 3.05) is 25.6 Å². The van der Waals surface area contributed by atoms with Crippen molar-refractivity contribution in [1.82, 2.24) is 4.98 Å². The molecule has 58 heavy (non-hydrogen) atoms. The number of ether oxygens (including phenoxy) is 4. The van der Waals surface area contributed by atoms with Gasteiger partial charge in [0.2, 0.25) is 5.91 Å². The van der Waals surface area contributed by atoms with Gasteiger partial charge in [-0.15, -0.1) is 0 Å². The number of carbonyl (C=O) groups excluding carboxylic acids is 3. The fourth-order valence-corrected chi connectivity index (χ4v) is 8.67. The fraction of sp³-hybridized carbons (Fsp3) is 0.550. The van der Waals surface area contributed by atoms with E-state index < -0.39 is 65.7 Å². The minimum Gasteiger partial charge on any atom is -0.463 e. The Labute approximate surface area is 341 Å². The van der Waals surface area contributed by atoms with E-state index in [1.54, 1.807) is 26.0 Å². The van der Waals surface area contributed by atoms with E-state index in [-0.39, 0.29) is 54.7 Å². The zero-order valence-electron chi connectivity index (χ0n) is 32.7. The third-order valence-electron chi connectivity index (χ3n) is 10.1. The number of carbonyl (C=O) groups is 3. The highest BCUT2D eigenvalue weighted by Gasteiger charge is 2.65. The van der Waals surface area contributed by atoms with E-state index in [0.29, 0.717) is 25.0 Å². The van der Waals surface area contributed by atoms with Crippen molar-refractivity contribution < 1.29 is 61.8 Å². The number of amides is 1. The van der Waals surface area contributed by atoms with E-state index in [4.69, 9.17) is 18.9 Å². The molecule has 0 aromatic heterocycles. The summed E-state index contributed by atoms with van der Waals surface area (Å²) < 4.78 is 65.5. The van der Waals surface area contributed by atoms with E-state index in [1.807, 2.05) is 5.38 Å². The van der Waals surface area contributed by atoms with E-state index in [0.717, 1.165) is 43.0 Å². The third kappa shape index (κ3) is 11.6. The Hall–Kier alpha value is -3.91. The van der Waals surface area contributed by atoms with E-state index in [9.17, 15) is 47.7 Å². The number of halogens is 3. The summed E-state index contributed by atoms with van der Waals surface area (Å²) in [6.45, 7) is 4.54. The van der Waals surface area contributed by atoms with E-state index >= 15 is 0 Å². The maximum atomic E-state index is 14.7. The number of aromatic nitrogens is 1. The summed E-state index contributed by atoms with van der Waals surface area (Å²) in [5, 5.41) is 37.0. The van der Waals surface area contributed by atoms with Gasteiger partial charge in [-0.3, -0.25) is 9.59 Å². The number of aliphatic hydroxyl groups excluding tert-OH is 3. The predicted molar refractivity (Wildman–Crippen MR) is 211 cm³/mol. The van der Waals surface area contributed by atoms with Gasteiger partial charge in [0, 0.05) is 36.5 Å². The lowest BCUT2D eigenvalue weighted by molar-refractivity contribution is -0.284. The molecule has 8 atom stereocenters. The number of methoxy groups -OCH3 is 1. The first-order chi connectivity index (χ1) is 27.5. The van der Waals surface area contributed by atoms with Gasteiger partial charge in [0.25, 0.3) is 11.2 Å². The number of anilines is 1. The van der Waals surface area contributed by atoms with Crippen LogP contribution in [0.15, 0.2) is 64.3 Å². The van der Waals surface area contributed by atoms with Crippen molar-refractivity contribution in [2.45, 2.75) is 108 Å². The van der Waals surface area contributed by atoms with Crippen LogP contribution in [0, 0.1) is 11.8 Å². The van der Waals surface area contributed by atoms with Crippen molar-refractivity contribution in [3.8, 4) is 10.6 Å². The number of aliphatic hydroxyl groups is 3. The highest BCUT2D eigenvalue weighted by atomic mass is 32.9. The maximum absolute atomic E-state index is 14.7. The van der Waals surface area contributed by atoms with Crippen LogP contribution in [0.25, 0.3) is 10.6 Å². The Bertz CT molecular complexity index is 1880. The third-order valence-corrected chi connectivity index (χ3v) is 12.2. The lowest BCUT2D eigenvalue weighted by Crippen LogP contribution is -2.59. The number of hydrogen-bond acceptors (Lipinski definition) is 13. The lowest BCUT2D eigenvalue weighted by Gasteiger charge is -2.43. The number of alkyl halides is 3. The Morgan fingerprint density at radius 2 is 1.78 bits per heavy atom. The molecule has 13 nitrogen and oxygen atoms in total. The minimum absolute atomic E-state index is 0.0245. The molecule has 1 amide bonds. The first-order valence-corrected chi connectivity index (χ1v) is 21.2. The number of fused-ring (bicyclic) bond motifs is 1. The molecular weight excluding hydrogens is 806 g/mol. The second-order valence-electron chi connectivity index (χ2n) is 14.4. The monoisotopic (exact) mass is 856 g/mol. The molecule has 5 N–H and O–H groups in total. The molecule has 1 unspecified atom stereocenters. The molecule has 3 aliphatic heterocycles. The molecule has 0 radical (unpaired) electrons. The van der Waals surface area contributed by atoms with Gasteiger partial charge < -0.3 is 44.6 Å². The van der Waals surface area contributed by atoms with Gasteiger partial charge in [0.15, 0.2) is 0 Å². The summed E-state index contributed by atoms with van der Waals surface area (Å²) in [6.07, 6.45) is -4.59. The Kier molecular flexibility index (Phi) is 17.2. The molecule has 320 valence electrons. The molecule has 18 heteroatoms. The second kappa shape index (κ2) is 21.4. The number of H-pyrrole nitrogens is 1. The molecular formula is C40H51F3N2O11S2. The molecule has 4 rings (SSSR count). The minimum atomic E-state index is -5.28. The summed E-state index contributed by atoms with van der Waals surface area (Å²) in [6, 6.07) is 6.22. The van der Waals surface area contributed by atoms with Gasteiger partial charge in [-0.1, -0.05) is 89.4 Å². The summed E-state index contributed by atoms with van der Waals surface area (Å²) in [4.78, 5) is 54.1. The molecule has 1 aromatic rings. The molecule has 0 aliphatic carbocycles.